The van der Waals surface area contributed by atoms with Crippen LogP contribution in [0.2, 0.25) is 0 Å². The third-order valence-corrected chi connectivity index (χ3v) is 4.67. The molecule has 1 aliphatic rings. The van der Waals surface area contributed by atoms with Crippen molar-refractivity contribution in [2.75, 3.05) is 32.8 Å². The first-order valence-electron chi connectivity index (χ1n) is 9.45. The van der Waals surface area contributed by atoms with Crippen LogP contribution >= 0.6 is 0 Å². The van der Waals surface area contributed by atoms with Crippen LogP contribution in [0.15, 0.2) is 24.3 Å². The molecule has 1 N–H and O–H groups in total. The number of rotatable bonds is 9. The van der Waals surface area contributed by atoms with Crippen LogP contribution in [0.1, 0.15) is 39.2 Å². The van der Waals surface area contributed by atoms with Gasteiger partial charge < -0.3 is 14.8 Å². The molecule has 1 amide bonds. The van der Waals surface area contributed by atoms with Crippen molar-refractivity contribution in [1.82, 2.24) is 10.2 Å². The Morgan fingerprint density at radius 3 is 2.68 bits per heavy atom. The maximum Gasteiger partial charge on any atom is 0.223 e. The minimum absolute atomic E-state index is 0.0584. The molecule has 0 aliphatic carbocycles. The highest BCUT2D eigenvalue weighted by molar-refractivity contribution is 5.78. The van der Waals surface area contributed by atoms with E-state index in [4.69, 9.17) is 9.47 Å². The smallest absolute Gasteiger partial charge is 0.223 e. The number of hydrogen-bond acceptors (Lipinski definition) is 4. The Bertz CT molecular complexity index is 525. The van der Waals surface area contributed by atoms with Crippen LogP contribution in [-0.2, 0) is 16.1 Å². The Morgan fingerprint density at radius 2 is 2.00 bits per heavy atom. The quantitative estimate of drug-likeness (QED) is 0.746. The fraction of sp³-hybridized carbons (Fsp3) is 0.650. The SMILES string of the molecule is CCC(CC)C(=O)NCC(C)Oc1cccc(CN2CCOCC2)c1. The zero-order valence-electron chi connectivity index (χ0n) is 15.8. The van der Waals surface area contributed by atoms with Crippen molar-refractivity contribution in [3.05, 3.63) is 29.8 Å². The summed E-state index contributed by atoms with van der Waals surface area (Å²) in [4.78, 5) is 14.4. The third kappa shape index (κ3) is 6.67. The third-order valence-electron chi connectivity index (χ3n) is 4.67. The molecule has 5 heteroatoms. The van der Waals surface area contributed by atoms with Gasteiger partial charge in [0.15, 0.2) is 0 Å². The van der Waals surface area contributed by atoms with Gasteiger partial charge in [-0.15, -0.1) is 0 Å². The number of morpholine rings is 1. The van der Waals surface area contributed by atoms with E-state index in [1.165, 1.54) is 5.56 Å². The molecule has 1 saturated heterocycles. The van der Waals surface area contributed by atoms with E-state index < -0.39 is 0 Å². The minimum Gasteiger partial charge on any atom is -0.489 e. The van der Waals surface area contributed by atoms with Gasteiger partial charge in [0.1, 0.15) is 11.9 Å². The Kier molecular flexibility index (Phi) is 8.22. The predicted octanol–water partition coefficient (Wildman–Crippen LogP) is 2.84. The van der Waals surface area contributed by atoms with Crippen molar-refractivity contribution in [3.8, 4) is 5.75 Å². The molecule has 1 aromatic carbocycles. The summed E-state index contributed by atoms with van der Waals surface area (Å²) in [6.45, 7) is 11.1. The number of carbonyl (C=O) groups is 1. The van der Waals surface area contributed by atoms with Crippen LogP contribution < -0.4 is 10.1 Å². The van der Waals surface area contributed by atoms with E-state index in [9.17, 15) is 4.79 Å². The molecule has 0 spiro atoms. The Hall–Kier alpha value is -1.59. The van der Waals surface area contributed by atoms with Gasteiger partial charge >= 0.3 is 0 Å². The molecule has 0 bridgehead atoms. The van der Waals surface area contributed by atoms with E-state index in [0.29, 0.717) is 6.54 Å². The van der Waals surface area contributed by atoms with Crippen molar-refractivity contribution in [2.45, 2.75) is 46.3 Å². The molecule has 0 radical (unpaired) electrons. The molecule has 1 fully saturated rings. The van der Waals surface area contributed by atoms with Gasteiger partial charge in [0, 0.05) is 25.6 Å². The fourth-order valence-electron chi connectivity index (χ4n) is 3.06. The van der Waals surface area contributed by atoms with Crippen molar-refractivity contribution >= 4 is 5.91 Å². The topological polar surface area (TPSA) is 50.8 Å². The minimum atomic E-state index is -0.0584. The Labute approximate surface area is 151 Å². The summed E-state index contributed by atoms with van der Waals surface area (Å²) in [6, 6.07) is 8.22. The second-order valence-electron chi connectivity index (χ2n) is 6.72. The molecule has 1 aliphatic heterocycles. The summed E-state index contributed by atoms with van der Waals surface area (Å²) >= 11 is 0. The van der Waals surface area contributed by atoms with Gasteiger partial charge in [-0.3, -0.25) is 9.69 Å². The normalized spacial score (nSPS) is 16.6. The molecule has 140 valence electrons. The monoisotopic (exact) mass is 348 g/mol. The summed E-state index contributed by atoms with van der Waals surface area (Å²) in [5.41, 5.74) is 1.24. The van der Waals surface area contributed by atoms with Crippen molar-refractivity contribution in [1.29, 1.82) is 0 Å². The largest absolute Gasteiger partial charge is 0.489 e. The van der Waals surface area contributed by atoms with Gasteiger partial charge in [-0.2, -0.15) is 0 Å². The van der Waals surface area contributed by atoms with Crippen molar-refractivity contribution < 1.29 is 14.3 Å². The van der Waals surface area contributed by atoms with E-state index in [-0.39, 0.29) is 17.9 Å². The molecule has 2 rings (SSSR count). The number of nitrogens with zero attached hydrogens (tertiary/aromatic N) is 1. The highest BCUT2D eigenvalue weighted by Gasteiger charge is 2.15. The van der Waals surface area contributed by atoms with E-state index in [1.807, 2.05) is 32.9 Å². The number of hydrogen-bond donors (Lipinski definition) is 1. The number of ether oxygens (including phenoxy) is 2. The maximum atomic E-state index is 12.1. The molecule has 5 nitrogen and oxygen atoms in total. The van der Waals surface area contributed by atoms with Crippen molar-refractivity contribution in [3.63, 3.8) is 0 Å². The molecule has 0 aromatic heterocycles. The summed E-state index contributed by atoms with van der Waals surface area (Å²) in [7, 11) is 0. The lowest BCUT2D eigenvalue weighted by Gasteiger charge is -2.26. The van der Waals surface area contributed by atoms with Gasteiger partial charge in [0.05, 0.1) is 19.8 Å². The molecule has 0 saturated carbocycles. The number of benzene rings is 1. The molecule has 1 heterocycles. The fourth-order valence-corrected chi connectivity index (χ4v) is 3.06. The van der Waals surface area contributed by atoms with Crippen LogP contribution in [-0.4, -0.2) is 49.8 Å². The molecular formula is C20H32N2O3. The second kappa shape index (κ2) is 10.4. The zero-order valence-corrected chi connectivity index (χ0v) is 15.8. The number of carbonyl (C=O) groups excluding carboxylic acids is 1. The van der Waals surface area contributed by atoms with E-state index >= 15 is 0 Å². The van der Waals surface area contributed by atoms with E-state index in [0.717, 1.165) is 51.4 Å². The number of nitrogens with one attached hydrogen (secondary N) is 1. The average Bonchev–Trinajstić information content (AvgIpc) is 2.62. The van der Waals surface area contributed by atoms with Crippen LogP contribution in [0.5, 0.6) is 5.75 Å². The lowest BCUT2D eigenvalue weighted by atomic mass is 10.0. The molecule has 1 atom stereocenters. The Morgan fingerprint density at radius 1 is 1.28 bits per heavy atom. The summed E-state index contributed by atoms with van der Waals surface area (Å²) in [6.07, 6.45) is 1.69. The Balaban J connectivity index is 1.81. The van der Waals surface area contributed by atoms with Crippen LogP contribution in [0.4, 0.5) is 0 Å². The van der Waals surface area contributed by atoms with Crippen LogP contribution in [0.3, 0.4) is 0 Å². The molecule has 1 aromatic rings. The van der Waals surface area contributed by atoms with Gasteiger partial charge in [0.2, 0.25) is 5.91 Å². The lowest BCUT2D eigenvalue weighted by Crippen LogP contribution is -2.37. The van der Waals surface area contributed by atoms with Crippen LogP contribution in [0.25, 0.3) is 0 Å². The molecule has 1 unspecified atom stereocenters. The predicted molar refractivity (Wildman–Crippen MR) is 99.7 cm³/mol. The van der Waals surface area contributed by atoms with E-state index in [2.05, 4.69) is 22.3 Å². The van der Waals surface area contributed by atoms with Gasteiger partial charge in [0.25, 0.3) is 0 Å². The van der Waals surface area contributed by atoms with Gasteiger partial charge in [-0.05, 0) is 37.5 Å². The zero-order chi connectivity index (χ0) is 18.1. The standard InChI is InChI=1S/C20H32N2O3/c1-4-18(5-2)20(23)21-14-16(3)25-19-8-6-7-17(13-19)15-22-9-11-24-12-10-22/h6-8,13,16,18H,4-5,9-12,14-15H2,1-3H3,(H,21,23). The second-order valence-corrected chi connectivity index (χ2v) is 6.72. The average molecular weight is 348 g/mol. The van der Waals surface area contributed by atoms with Gasteiger partial charge in [-0.1, -0.05) is 26.0 Å². The number of amides is 1. The summed E-state index contributed by atoms with van der Waals surface area (Å²) in [5, 5.41) is 3.00. The van der Waals surface area contributed by atoms with Crippen LogP contribution in [0, 0.1) is 5.92 Å². The molecule has 25 heavy (non-hydrogen) atoms. The summed E-state index contributed by atoms with van der Waals surface area (Å²) in [5.74, 6) is 1.08. The lowest BCUT2D eigenvalue weighted by molar-refractivity contribution is -0.125. The highest BCUT2D eigenvalue weighted by Crippen LogP contribution is 2.17. The maximum absolute atomic E-state index is 12.1. The first kappa shape index (κ1) is 19.7. The summed E-state index contributed by atoms with van der Waals surface area (Å²) < 4.78 is 11.4. The molecular weight excluding hydrogens is 316 g/mol. The first-order chi connectivity index (χ1) is 12.1. The van der Waals surface area contributed by atoms with Crippen molar-refractivity contribution in [2.24, 2.45) is 5.92 Å². The highest BCUT2D eigenvalue weighted by atomic mass is 16.5. The first-order valence-corrected chi connectivity index (χ1v) is 9.45. The van der Waals surface area contributed by atoms with E-state index in [1.54, 1.807) is 0 Å². The van der Waals surface area contributed by atoms with Gasteiger partial charge in [-0.25, -0.2) is 0 Å².